The summed E-state index contributed by atoms with van der Waals surface area (Å²) in [4.78, 5) is 0.148. The van der Waals surface area contributed by atoms with Crippen molar-refractivity contribution in [3.63, 3.8) is 0 Å². The smallest absolute Gasteiger partial charge is 0.133 e. The third kappa shape index (κ3) is 3.86. The zero-order valence-electron chi connectivity index (χ0n) is 11.1. The van der Waals surface area contributed by atoms with E-state index in [0.29, 0.717) is 0 Å². The highest BCUT2D eigenvalue weighted by Gasteiger charge is 2.14. The van der Waals surface area contributed by atoms with Gasteiger partial charge in [-0.05, 0) is 51.7 Å². The van der Waals surface area contributed by atoms with Gasteiger partial charge in [-0.25, -0.2) is 0 Å². The van der Waals surface area contributed by atoms with Crippen LogP contribution in [0.5, 0.6) is 5.75 Å². The SMILES string of the molecule is CCCOc1ccc(C(Br)c2ccccc2Br)cc1Br. The zero-order valence-corrected chi connectivity index (χ0v) is 15.8. The lowest BCUT2D eigenvalue weighted by atomic mass is 10.0. The van der Waals surface area contributed by atoms with Gasteiger partial charge >= 0.3 is 0 Å². The largest absolute Gasteiger partial charge is 0.492 e. The molecule has 0 amide bonds. The van der Waals surface area contributed by atoms with Crippen molar-refractivity contribution in [3.8, 4) is 5.75 Å². The van der Waals surface area contributed by atoms with E-state index in [4.69, 9.17) is 4.74 Å². The molecule has 4 heteroatoms. The van der Waals surface area contributed by atoms with Crippen LogP contribution in [0.4, 0.5) is 0 Å². The van der Waals surface area contributed by atoms with Crippen molar-refractivity contribution < 1.29 is 4.74 Å². The van der Waals surface area contributed by atoms with Gasteiger partial charge in [0.25, 0.3) is 0 Å². The number of rotatable bonds is 5. The Morgan fingerprint density at radius 1 is 1.05 bits per heavy atom. The molecule has 0 aromatic heterocycles. The monoisotopic (exact) mass is 460 g/mol. The first-order valence-corrected chi connectivity index (χ1v) is 8.94. The van der Waals surface area contributed by atoms with Crippen LogP contribution in [0.25, 0.3) is 0 Å². The van der Waals surface area contributed by atoms with E-state index in [9.17, 15) is 0 Å². The Morgan fingerprint density at radius 3 is 2.45 bits per heavy atom. The van der Waals surface area contributed by atoms with Crippen molar-refractivity contribution in [3.05, 3.63) is 62.5 Å². The number of halogens is 3. The predicted molar refractivity (Wildman–Crippen MR) is 94.8 cm³/mol. The fraction of sp³-hybridized carbons (Fsp3) is 0.250. The molecule has 1 unspecified atom stereocenters. The number of alkyl halides is 1. The molecular formula is C16H15Br3O. The first-order valence-electron chi connectivity index (χ1n) is 6.44. The quantitative estimate of drug-likeness (QED) is 0.462. The Hall–Kier alpha value is -0.320. The van der Waals surface area contributed by atoms with Crippen LogP contribution in [0.1, 0.15) is 29.3 Å². The molecule has 0 aliphatic heterocycles. The van der Waals surface area contributed by atoms with Crippen LogP contribution in [-0.2, 0) is 0 Å². The highest BCUT2D eigenvalue weighted by atomic mass is 79.9. The lowest BCUT2D eigenvalue weighted by Gasteiger charge is -2.15. The summed E-state index contributed by atoms with van der Waals surface area (Å²) in [7, 11) is 0. The van der Waals surface area contributed by atoms with Crippen molar-refractivity contribution in [2.75, 3.05) is 6.61 Å². The van der Waals surface area contributed by atoms with Gasteiger partial charge in [-0.1, -0.05) is 63.0 Å². The predicted octanol–water partition coefficient (Wildman–Crippen LogP) is 6.48. The van der Waals surface area contributed by atoms with E-state index in [1.807, 2.05) is 18.2 Å². The number of benzene rings is 2. The second-order valence-electron chi connectivity index (χ2n) is 4.42. The van der Waals surface area contributed by atoms with Crippen molar-refractivity contribution in [2.45, 2.75) is 18.2 Å². The molecule has 0 heterocycles. The van der Waals surface area contributed by atoms with Gasteiger partial charge in [0.15, 0.2) is 0 Å². The lowest BCUT2D eigenvalue weighted by molar-refractivity contribution is 0.315. The van der Waals surface area contributed by atoms with Gasteiger partial charge in [0.05, 0.1) is 15.9 Å². The van der Waals surface area contributed by atoms with E-state index in [2.05, 4.69) is 79.0 Å². The standard InChI is InChI=1S/C16H15Br3O/c1-2-9-20-15-8-7-11(10-14(15)18)16(19)12-5-3-4-6-13(12)17/h3-8,10,16H,2,9H2,1H3. The van der Waals surface area contributed by atoms with Gasteiger partial charge in [-0.15, -0.1) is 0 Å². The third-order valence-electron chi connectivity index (χ3n) is 2.89. The van der Waals surface area contributed by atoms with Gasteiger partial charge in [0.1, 0.15) is 5.75 Å². The number of ether oxygens (including phenoxy) is 1. The molecule has 2 aromatic carbocycles. The average Bonchev–Trinajstić information content (AvgIpc) is 2.46. The molecule has 1 atom stereocenters. The van der Waals surface area contributed by atoms with Crippen molar-refractivity contribution >= 4 is 47.8 Å². The average molecular weight is 463 g/mol. The molecular weight excluding hydrogens is 448 g/mol. The number of hydrogen-bond acceptors (Lipinski definition) is 1. The summed E-state index contributed by atoms with van der Waals surface area (Å²) in [5, 5.41) is 0. The molecule has 0 N–H and O–H groups in total. The number of hydrogen-bond donors (Lipinski definition) is 0. The van der Waals surface area contributed by atoms with Crippen LogP contribution in [-0.4, -0.2) is 6.61 Å². The normalized spacial score (nSPS) is 12.2. The molecule has 20 heavy (non-hydrogen) atoms. The molecule has 0 spiro atoms. The fourth-order valence-corrected chi connectivity index (χ4v) is 3.88. The van der Waals surface area contributed by atoms with Gasteiger partial charge in [-0.3, -0.25) is 0 Å². The molecule has 106 valence electrons. The summed E-state index contributed by atoms with van der Waals surface area (Å²) in [6.07, 6.45) is 1.01. The minimum absolute atomic E-state index is 0.148. The van der Waals surface area contributed by atoms with Gasteiger partial charge in [-0.2, -0.15) is 0 Å². The molecule has 0 radical (unpaired) electrons. The summed E-state index contributed by atoms with van der Waals surface area (Å²) >= 11 is 10.9. The second kappa shape index (κ2) is 7.62. The minimum Gasteiger partial charge on any atom is -0.492 e. The molecule has 2 rings (SSSR count). The van der Waals surface area contributed by atoms with Crippen molar-refractivity contribution in [1.82, 2.24) is 0 Å². The maximum atomic E-state index is 5.68. The zero-order chi connectivity index (χ0) is 14.5. The van der Waals surface area contributed by atoms with E-state index in [1.54, 1.807) is 0 Å². The van der Waals surface area contributed by atoms with Gasteiger partial charge in [0, 0.05) is 4.47 Å². The summed E-state index contributed by atoms with van der Waals surface area (Å²) in [5.74, 6) is 0.891. The molecule has 2 aromatic rings. The van der Waals surface area contributed by atoms with Crippen molar-refractivity contribution in [2.24, 2.45) is 0 Å². The van der Waals surface area contributed by atoms with Crippen LogP contribution in [0.2, 0.25) is 0 Å². The summed E-state index contributed by atoms with van der Waals surface area (Å²) in [6.45, 7) is 2.84. The Morgan fingerprint density at radius 2 is 1.80 bits per heavy atom. The second-order valence-corrected chi connectivity index (χ2v) is 7.05. The van der Waals surface area contributed by atoms with Crippen LogP contribution < -0.4 is 4.74 Å². The van der Waals surface area contributed by atoms with Gasteiger partial charge in [0.2, 0.25) is 0 Å². The highest BCUT2D eigenvalue weighted by Crippen LogP contribution is 2.38. The van der Waals surface area contributed by atoms with E-state index in [-0.39, 0.29) is 4.83 Å². The summed E-state index contributed by atoms with van der Waals surface area (Å²) < 4.78 is 7.77. The lowest BCUT2D eigenvalue weighted by Crippen LogP contribution is -1.98. The highest BCUT2D eigenvalue weighted by molar-refractivity contribution is 9.11. The maximum absolute atomic E-state index is 5.68. The first-order chi connectivity index (χ1) is 9.63. The minimum atomic E-state index is 0.148. The Kier molecular flexibility index (Phi) is 6.12. The summed E-state index contributed by atoms with van der Waals surface area (Å²) in [6, 6.07) is 14.4. The van der Waals surface area contributed by atoms with Crippen molar-refractivity contribution in [1.29, 1.82) is 0 Å². The molecule has 0 saturated carbocycles. The Balaban J connectivity index is 2.25. The molecule has 0 aliphatic carbocycles. The molecule has 0 bridgehead atoms. The van der Waals surface area contributed by atoms with Gasteiger partial charge < -0.3 is 4.74 Å². The molecule has 1 nitrogen and oxygen atoms in total. The summed E-state index contributed by atoms with van der Waals surface area (Å²) in [5.41, 5.74) is 2.40. The third-order valence-corrected chi connectivity index (χ3v) is 5.25. The van der Waals surface area contributed by atoms with E-state index >= 15 is 0 Å². The van der Waals surface area contributed by atoms with Crippen LogP contribution >= 0.6 is 47.8 Å². The molecule has 0 aliphatic rings. The Labute approximate surface area is 145 Å². The van der Waals surface area contributed by atoms with E-state index in [0.717, 1.165) is 27.7 Å². The van der Waals surface area contributed by atoms with E-state index in [1.165, 1.54) is 11.1 Å². The Bertz CT molecular complexity index is 584. The maximum Gasteiger partial charge on any atom is 0.133 e. The van der Waals surface area contributed by atoms with Crippen LogP contribution in [0.15, 0.2) is 51.4 Å². The molecule has 0 fully saturated rings. The van der Waals surface area contributed by atoms with Crippen LogP contribution in [0, 0.1) is 0 Å². The van der Waals surface area contributed by atoms with Crippen LogP contribution in [0.3, 0.4) is 0 Å². The first kappa shape index (κ1) is 16.1. The molecule has 0 saturated heterocycles. The fourth-order valence-electron chi connectivity index (χ4n) is 1.86. The van der Waals surface area contributed by atoms with E-state index < -0.39 is 0 Å². The topological polar surface area (TPSA) is 9.23 Å².